The Kier molecular flexibility index (Phi) is 2.66. The Morgan fingerprint density at radius 2 is 2.20 bits per heavy atom. The fourth-order valence-corrected chi connectivity index (χ4v) is 1.66. The molecule has 0 amide bonds. The van der Waals surface area contributed by atoms with Crippen LogP contribution in [0, 0.1) is 0 Å². The van der Waals surface area contributed by atoms with Gasteiger partial charge < -0.3 is 14.5 Å². The van der Waals surface area contributed by atoms with Gasteiger partial charge in [0.25, 0.3) is 0 Å². The fraction of sp³-hybridized carbons (Fsp3) is 0.111. The predicted octanol–water partition coefficient (Wildman–Crippen LogP) is 0.0125. The van der Waals surface area contributed by atoms with Gasteiger partial charge in [0, 0.05) is 5.10 Å². The van der Waals surface area contributed by atoms with Crippen LogP contribution in [0.15, 0.2) is 24.3 Å². The molecule has 0 radical (unpaired) electrons. The van der Waals surface area contributed by atoms with Crippen molar-refractivity contribution < 1.29 is 19.2 Å². The maximum atomic E-state index is 10.5. The van der Waals surface area contributed by atoms with Crippen molar-refractivity contribution in [3.8, 4) is 11.6 Å². The summed E-state index contributed by atoms with van der Waals surface area (Å²) >= 11 is 0. The first-order chi connectivity index (χ1) is 7.24. The molecule has 0 aliphatic rings. The van der Waals surface area contributed by atoms with E-state index in [1.165, 1.54) is 4.68 Å². The molecule has 5 nitrogen and oxygen atoms in total. The third-order valence-corrected chi connectivity index (χ3v) is 2.35. The molecule has 6 heteroatoms. The number of aromatic hydroxyl groups is 1. The summed E-state index contributed by atoms with van der Waals surface area (Å²) < 4.78 is 6.17. The van der Waals surface area contributed by atoms with Gasteiger partial charge >= 0.3 is 5.88 Å². The van der Waals surface area contributed by atoms with Crippen molar-refractivity contribution in [2.75, 3.05) is 0 Å². The number of aryl methyl sites for hydroxylation is 1. The Morgan fingerprint density at radius 3 is 2.93 bits per heavy atom. The van der Waals surface area contributed by atoms with Crippen LogP contribution < -0.4 is 14.1 Å². The summed E-state index contributed by atoms with van der Waals surface area (Å²) in [5, 5.41) is 14.4. The molecule has 1 aromatic heterocycles. The van der Waals surface area contributed by atoms with Crippen LogP contribution in [0.1, 0.15) is 0 Å². The van der Waals surface area contributed by atoms with Gasteiger partial charge in [-0.2, -0.15) is 0 Å². The molecule has 0 bridgehead atoms. The number of aromatic nitrogens is 2. The quantitative estimate of drug-likeness (QED) is 0.576. The molecule has 15 heavy (non-hydrogen) atoms. The molecule has 0 fully saturated rings. The second-order valence-electron chi connectivity index (χ2n) is 2.98. The molecule has 1 heterocycles. The molecule has 1 atom stereocenters. The van der Waals surface area contributed by atoms with E-state index in [-0.39, 0.29) is 11.6 Å². The Hall–Kier alpha value is -1.45. The Balaban J connectivity index is 2.77. The van der Waals surface area contributed by atoms with Gasteiger partial charge in [-0.25, -0.2) is 0 Å². The van der Waals surface area contributed by atoms with Crippen molar-refractivity contribution >= 4 is 19.9 Å². The maximum absolute atomic E-state index is 10.5. The first kappa shape index (κ1) is 10.1. The highest BCUT2D eigenvalue weighted by molar-refractivity contribution is 7.23. The monoisotopic (exact) mass is 224 g/mol. The summed E-state index contributed by atoms with van der Waals surface area (Å²) in [6.45, 7) is 0. The van der Waals surface area contributed by atoms with Gasteiger partial charge in [0.05, 0.1) is 5.39 Å². The number of nitrogens with zero attached hydrogens (tertiary/aromatic N) is 2. The zero-order chi connectivity index (χ0) is 10.8. The third-order valence-electron chi connectivity index (χ3n) is 2.06. The summed E-state index contributed by atoms with van der Waals surface area (Å²) in [7, 11) is 0.626. The minimum absolute atomic E-state index is 0.142. The molecule has 78 valence electrons. The first-order valence-electron chi connectivity index (χ1n) is 4.26. The molecule has 0 aliphatic carbocycles. The molecule has 0 saturated heterocycles. The summed E-state index contributed by atoms with van der Waals surface area (Å²) in [5.41, 5.74) is 0.672. The molecule has 1 N–H and O–H groups in total. The number of rotatable bonds is 2. The van der Waals surface area contributed by atoms with Crippen LogP contribution in [0.3, 0.4) is 0 Å². The Labute approximate surface area is 87.9 Å². The van der Waals surface area contributed by atoms with Crippen LogP contribution in [-0.4, -0.2) is 10.2 Å². The summed E-state index contributed by atoms with van der Waals surface area (Å²) in [4.78, 5) is 10.5. The van der Waals surface area contributed by atoms with Crippen molar-refractivity contribution in [1.82, 2.24) is 5.10 Å². The number of fused-ring (bicyclic) bond motifs is 1. The SMILES string of the molecule is C[n+]1nc2ccccc2c(OP[O-])c1O. The van der Waals surface area contributed by atoms with Crippen LogP contribution in [0.5, 0.6) is 11.6 Å². The number of benzene rings is 1. The van der Waals surface area contributed by atoms with Gasteiger partial charge in [-0.3, -0.25) is 0 Å². The van der Waals surface area contributed by atoms with Crippen LogP contribution >= 0.6 is 9.03 Å². The largest absolute Gasteiger partial charge is 0.801 e. The van der Waals surface area contributed by atoms with Crippen molar-refractivity contribution in [3.63, 3.8) is 0 Å². The highest BCUT2D eigenvalue weighted by Crippen LogP contribution is 2.32. The normalized spacial score (nSPS) is 11.3. The second-order valence-corrected chi connectivity index (χ2v) is 3.35. The highest BCUT2D eigenvalue weighted by Gasteiger charge is 2.19. The summed E-state index contributed by atoms with van der Waals surface area (Å²) in [5.74, 6) is 0.0495. The maximum Gasteiger partial charge on any atom is 0.435 e. The molecule has 0 saturated carbocycles. The molecular formula is C9H9N2O3P. The molecular weight excluding hydrogens is 215 g/mol. The van der Waals surface area contributed by atoms with Crippen LogP contribution in [0.2, 0.25) is 0 Å². The number of hydrogen-bond donors (Lipinski definition) is 1. The fourth-order valence-electron chi connectivity index (χ4n) is 1.37. The van der Waals surface area contributed by atoms with E-state index in [4.69, 9.17) is 4.52 Å². The van der Waals surface area contributed by atoms with Gasteiger partial charge in [-0.1, -0.05) is 12.1 Å². The minimum Gasteiger partial charge on any atom is -0.801 e. The van der Waals surface area contributed by atoms with E-state index < -0.39 is 9.03 Å². The van der Waals surface area contributed by atoms with Crippen molar-refractivity contribution in [1.29, 1.82) is 0 Å². The van der Waals surface area contributed by atoms with Gasteiger partial charge in [-0.15, -0.1) is 0 Å². The average Bonchev–Trinajstić information content (AvgIpc) is 2.25. The Morgan fingerprint density at radius 1 is 1.47 bits per heavy atom. The zero-order valence-electron chi connectivity index (χ0n) is 7.97. The van der Waals surface area contributed by atoms with Crippen molar-refractivity contribution in [2.45, 2.75) is 0 Å². The van der Waals surface area contributed by atoms with E-state index in [1.54, 1.807) is 25.2 Å². The lowest BCUT2D eigenvalue weighted by Crippen LogP contribution is -2.33. The number of hydrogen-bond acceptors (Lipinski definition) is 4. The second kappa shape index (κ2) is 3.96. The van der Waals surface area contributed by atoms with Gasteiger partial charge in [0.1, 0.15) is 5.52 Å². The molecule has 0 spiro atoms. The summed E-state index contributed by atoms with van der Waals surface area (Å²) in [6, 6.07) is 7.16. The zero-order valence-corrected chi connectivity index (χ0v) is 8.97. The lowest BCUT2D eigenvalue weighted by molar-refractivity contribution is -0.733. The van der Waals surface area contributed by atoms with Crippen molar-refractivity contribution in [3.05, 3.63) is 24.3 Å². The average molecular weight is 224 g/mol. The van der Waals surface area contributed by atoms with E-state index in [2.05, 4.69) is 5.10 Å². The first-order valence-corrected chi connectivity index (χ1v) is 5.07. The lowest BCUT2D eigenvalue weighted by Gasteiger charge is -2.09. The van der Waals surface area contributed by atoms with Crippen LogP contribution in [-0.2, 0) is 7.05 Å². The summed E-state index contributed by atoms with van der Waals surface area (Å²) in [6.07, 6.45) is 0. The van der Waals surface area contributed by atoms with Gasteiger partial charge in [-0.05, 0) is 25.8 Å². The van der Waals surface area contributed by atoms with E-state index in [0.717, 1.165) is 0 Å². The molecule has 1 unspecified atom stereocenters. The van der Waals surface area contributed by atoms with Crippen molar-refractivity contribution in [2.24, 2.45) is 7.05 Å². The molecule has 1 aromatic carbocycles. The van der Waals surface area contributed by atoms with E-state index in [1.807, 2.05) is 6.07 Å². The highest BCUT2D eigenvalue weighted by atomic mass is 31.1. The smallest absolute Gasteiger partial charge is 0.435 e. The molecule has 2 aromatic rings. The minimum atomic E-state index is -0.960. The van der Waals surface area contributed by atoms with E-state index >= 15 is 0 Å². The Bertz CT molecular complexity index is 504. The van der Waals surface area contributed by atoms with Crippen LogP contribution in [0.25, 0.3) is 10.9 Å². The van der Waals surface area contributed by atoms with E-state index in [0.29, 0.717) is 10.9 Å². The topological polar surface area (TPSA) is 69.3 Å². The van der Waals surface area contributed by atoms with Gasteiger partial charge in [0.15, 0.2) is 7.05 Å². The predicted molar refractivity (Wildman–Crippen MR) is 53.5 cm³/mol. The third kappa shape index (κ3) is 1.71. The molecule has 2 rings (SSSR count). The van der Waals surface area contributed by atoms with Gasteiger partial charge in [0.2, 0.25) is 5.75 Å². The molecule has 0 aliphatic heterocycles. The van der Waals surface area contributed by atoms with E-state index in [9.17, 15) is 10.00 Å². The standard InChI is InChI=1S/C9H8N2O3P/c1-11-9(12)8(14-15-13)6-4-2-3-5-7(6)10-11/h2-5,15H,1H3/q-1/p+1. The van der Waals surface area contributed by atoms with Crippen LogP contribution in [0.4, 0.5) is 0 Å². The lowest BCUT2D eigenvalue weighted by atomic mass is 10.2.